The lowest BCUT2D eigenvalue weighted by atomic mass is 9.97. The Morgan fingerprint density at radius 3 is 2.40 bits per heavy atom. The van der Waals surface area contributed by atoms with Crippen molar-refractivity contribution in [2.24, 2.45) is 0 Å². The van der Waals surface area contributed by atoms with Gasteiger partial charge in [-0.3, -0.25) is 0 Å². The molecule has 2 N–H and O–H groups in total. The second kappa shape index (κ2) is 3.98. The lowest BCUT2D eigenvalue weighted by Gasteiger charge is -2.22. The van der Waals surface area contributed by atoms with Crippen molar-refractivity contribution in [2.75, 3.05) is 7.11 Å². The van der Waals surface area contributed by atoms with Gasteiger partial charge in [0.1, 0.15) is 5.82 Å². The van der Waals surface area contributed by atoms with E-state index in [-0.39, 0.29) is 21.5 Å². The maximum atomic E-state index is 13.5. The fourth-order valence-electron chi connectivity index (χ4n) is 1.34. The van der Waals surface area contributed by atoms with Crippen LogP contribution in [-0.2, 0) is 5.60 Å². The summed E-state index contributed by atoms with van der Waals surface area (Å²) in [4.78, 5) is 0. The van der Waals surface area contributed by atoms with Gasteiger partial charge in [0.25, 0.3) is 0 Å². The van der Waals surface area contributed by atoms with Crippen molar-refractivity contribution in [1.82, 2.24) is 0 Å². The molecule has 3 nitrogen and oxygen atoms in total. The average Bonchev–Trinajstić information content (AvgIpc) is 2.00. The Hall–Kier alpha value is -0.810. The summed E-state index contributed by atoms with van der Waals surface area (Å²) in [6, 6.07) is 0.914. The van der Waals surface area contributed by atoms with Crippen LogP contribution < -0.4 is 4.74 Å². The minimum absolute atomic E-state index is 0.0529. The van der Waals surface area contributed by atoms with E-state index in [2.05, 4.69) is 15.9 Å². The molecule has 1 aromatic carbocycles. The van der Waals surface area contributed by atoms with Crippen LogP contribution in [0.1, 0.15) is 19.4 Å². The quantitative estimate of drug-likeness (QED) is 0.874. The Labute approximate surface area is 95.6 Å². The predicted molar refractivity (Wildman–Crippen MR) is 57.6 cm³/mol. The van der Waals surface area contributed by atoms with E-state index in [4.69, 9.17) is 4.74 Å². The Kier molecular flexibility index (Phi) is 3.25. The van der Waals surface area contributed by atoms with Crippen LogP contribution in [-0.4, -0.2) is 17.3 Å². The number of halogens is 2. The molecule has 0 bridgehead atoms. The van der Waals surface area contributed by atoms with Crippen LogP contribution in [0.25, 0.3) is 0 Å². The molecule has 0 heterocycles. The van der Waals surface area contributed by atoms with Crippen molar-refractivity contribution in [3.8, 4) is 11.5 Å². The molecule has 0 aliphatic heterocycles. The molecule has 0 fully saturated rings. The van der Waals surface area contributed by atoms with Crippen molar-refractivity contribution in [1.29, 1.82) is 0 Å². The summed E-state index contributed by atoms with van der Waals surface area (Å²) in [6.07, 6.45) is 0. The standard InChI is InChI=1S/C10H12BrFO3/c1-10(2,14)7-5(12)4-6(13)9(15-3)8(7)11/h4,13-14H,1-3H3. The van der Waals surface area contributed by atoms with Crippen LogP contribution >= 0.6 is 15.9 Å². The fraction of sp³-hybridized carbons (Fsp3) is 0.400. The molecule has 0 saturated heterocycles. The van der Waals surface area contributed by atoms with Crippen LogP contribution in [0, 0.1) is 5.82 Å². The monoisotopic (exact) mass is 278 g/mol. The maximum absolute atomic E-state index is 13.5. The summed E-state index contributed by atoms with van der Waals surface area (Å²) in [5.41, 5.74) is -1.30. The number of phenolic OH excluding ortho intramolecular Hbond substituents is 1. The fourth-order valence-corrected chi connectivity index (χ4v) is 2.38. The first kappa shape index (κ1) is 12.3. The Bertz CT molecular complexity index is 385. The minimum Gasteiger partial charge on any atom is -0.504 e. The largest absolute Gasteiger partial charge is 0.504 e. The van der Waals surface area contributed by atoms with Gasteiger partial charge in [-0.05, 0) is 29.8 Å². The summed E-state index contributed by atoms with van der Waals surface area (Å²) in [6.45, 7) is 2.90. The highest BCUT2D eigenvalue weighted by molar-refractivity contribution is 9.10. The first-order chi connectivity index (χ1) is 6.79. The van der Waals surface area contributed by atoms with Crippen molar-refractivity contribution in [3.63, 3.8) is 0 Å². The van der Waals surface area contributed by atoms with Gasteiger partial charge in [-0.25, -0.2) is 4.39 Å². The van der Waals surface area contributed by atoms with Crippen molar-refractivity contribution >= 4 is 15.9 Å². The van der Waals surface area contributed by atoms with Crippen LogP contribution in [0.15, 0.2) is 10.5 Å². The number of methoxy groups -OCH3 is 1. The molecule has 0 spiro atoms. The Morgan fingerprint density at radius 2 is 2.00 bits per heavy atom. The molecular formula is C10H12BrFO3. The zero-order chi connectivity index (χ0) is 11.8. The number of aliphatic hydroxyl groups is 1. The molecule has 0 aliphatic carbocycles. The third-order valence-electron chi connectivity index (χ3n) is 1.97. The third-order valence-corrected chi connectivity index (χ3v) is 2.73. The summed E-state index contributed by atoms with van der Waals surface area (Å²) in [7, 11) is 1.35. The van der Waals surface area contributed by atoms with Crippen molar-refractivity contribution < 1.29 is 19.3 Å². The molecule has 0 saturated carbocycles. The minimum atomic E-state index is -1.36. The van der Waals surface area contributed by atoms with Crippen LogP contribution in [0.2, 0.25) is 0 Å². The Morgan fingerprint density at radius 1 is 1.47 bits per heavy atom. The van der Waals surface area contributed by atoms with E-state index in [1.165, 1.54) is 21.0 Å². The van der Waals surface area contributed by atoms with Gasteiger partial charge in [-0.15, -0.1) is 0 Å². The second-order valence-electron chi connectivity index (χ2n) is 3.66. The number of ether oxygens (including phenoxy) is 1. The highest BCUT2D eigenvalue weighted by Gasteiger charge is 2.27. The molecule has 84 valence electrons. The number of rotatable bonds is 2. The van der Waals surface area contributed by atoms with Gasteiger partial charge < -0.3 is 14.9 Å². The normalized spacial score (nSPS) is 11.6. The van der Waals surface area contributed by atoms with Crippen molar-refractivity contribution in [2.45, 2.75) is 19.4 Å². The van der Waals surface area contributed by atoms with Gasteiger partial charge in [-0.2, -0.15) is 0 Å². The lowest BCUT2D eigenvalue weighted by molar-refractivity contribution is 0.0732. The van der Waals surface area contributed by atoms with Gasteiger partial charge in [0.05, 0.1) is 17.2 Å². The summed E-state index contributed by atoms with van der Waals surface area (Å²) in [5, 5.41) is 19.1. The molecule has 1 aromatic rings. The first-order valence-electron chi connectivity index (χ1n) is 4.26. The van der Waals surface area contributed by atoms with Crippen LogP contribution in [0.5, 0.6) is 11.5 Å². The molecule has 1 rings (SSSR count). The molecule has 0 atom stereocenters. The smallest absolute Gasteiger partial charge is 0.175 e. The number of aromatic hydroxyl groups is 1. The van der Waals surface area contributed by atoms with E-state index in [0.29, 0.717) is 0 Å². The Balaban J connectivity index is 3.53. The zero-order valence-electron chi connectivity index (χ0n) is 8.64. The molecule has 0 unspecified atom stereocenters. The van der Waals surface area contributed by atoms with Gasteiger partial charge in [0, 0.05) is 11.6 Å². The number of phenols is 1. The zero-order valence-corrected chi connectivity index (χ0v) is 10.2. The van der Waals surface area contributed by atoms with Crippen LogP contribution in [0.4, 0.5) is 4.39 Å². The van der Waals surface area contributed by atoms with Gasteiger partial charge in [0.15, 0.2) is 11.5 Å². The van der Waals surface area contributed by atoms with E-state index in [1.54, 1.807) is 0 Å². The predicted octanol–water partition coefficient (Wildman–Crippen LogP) is 2.53. The third kappa shape index (κ3) is 2.23. The highest BCUT2D eigenvalue weighted by Crippen LogP contribution is 2.42. The van der Waals surface area contributed by atoms with E-state index < -0.39 is 11.4 Å². The average molecular weight is 279 g/mol. The summed E-state index contributed by atoms with van der Waals surface area (Å²) < 4.78 is 18.6. The van der Waals surface area contributed by atoms with Crippen LogP contribution in [0.3, 0.4) is 0 Å². The molecule has 0 radical (unpaired) electrons. The van der Waals surface area contributed by atoms with Crippen molar-refractivity contribution in [3.05, 3.63) is 21.9 Å². The molecule has 0 aliphatic rings. The SMILES string of the molecule is COc1c(O)cc(F)c(C(C)(C)O)c1Br. The van der Waals surface area contributed by atoms with Gasteiger partial charge >= 0.3 is 0 Å². The molecule has 0 aromatic heterocycles. The summed E-state index contributed by atoms with van der Waals surface area (Å²) >= 11 is 3.09. The number of benzene rings is 1. The van der Waals surface area contributed by atoms with Gasteiger partial charge in [-0.1, -0.05) is 0 Å². The van der Waals surface area contributed by atoms with E-state index in [9.17, 15) is 14.6 Å². The first-order valence-corrected chi connectivity index (χ1v) is 5.06. The number of hydrogen-bond donors (Lipinski definition) is 2. The molecular weight excluding hydrogens is 267 g/mol. The maximum Gasteiger partial charge on any atom is 0.175 e. The van der Waals surface area contributed by atoms with E-state index >= 15 is 0 Å². The van der Waals surface area contributed by atoms with Gasteiger partial charge in [0.2, 0.25) is 0 Å². The summed E-state index contributed by atoms with van der Waals surface area (Å²) in [5.74, 6) is -0.893. The highest BCUT2D eigenvalue weighted by atomic mass is 79.9. The molecule has 5 heteroatoms. The second-order valence-corrected chi connectivity index (χ2v) is 4.45. The van der Waals surface area contributed by atoms with E-state index in [1.807, 2.05) is 0 Å². The molecule has 0 amide bonds. The topological polar surface area (TPSA) is 49.7 Å². The van der Waals surface area contributed by atoms with E-state index in [0.717, 1.165) is 6.07 Å². The lowest BCUT2D eigenvalue weighted by Crippen LogP contribution is -2.18. The molecule has 15 heavy (non-hydrogen) atoms. The number of hydrogen-bond acceptors (Lipinski definition) is 3.